The van der Waals surface area contributed by atoms with E-state index in [1.54, 1.807) is 0 Å². The first kappa shape index (κ1) is 11.2. The molecule has 3 aliphatic rings. The van der Waals surface area contributed by atoms with Crippen LogP contribution in [-0.2, 0) is 9.59 Å². The number of hydrogen-bond donors (Lipinski definition) is 0. The van der Waals surface area contributed by atoms with Gasteiger partial charge in [-0.15, -0.1) is 0 Å². The Morgan fingerprint density at radius 3 is 2.71 bits per heavy atom. The third kappa shape index (κ3) is 1.88. The Balaban J connectivity index is 1.90. The van der Waals surface area contributed by atoms with E-state index in [1.165, 1.54) is 18.4 Å². The van der Waals surface area contributed by atoms with E-state index in [0.717, 1.165) is 12.8 Å². The number of hydrogen-bond acceptors (Lipinski definition) is 2. The molecule has 0 aromatic carbocycles. The highest BCUT2D eigenvalue weighted by atomic mass is 16.1. The predicted molar refractivity (Wildman–Crippen MR) is 65.4 cm³/mol. The molecule has 2 saturated carbocycles. The molecular weight excluding hydrogens is 212 g/mol. The minimum absolute atomic E-state index is 0.278. The molecule has 0 N–H and O–H groups in total. The summed E-state index contributed by atoms with van der Waals surface area (Å²) < 4.78 is 0. The Bertz CT molecular complexity index is 394. The van der Waals surface area contributed by atoms with Gasteiger partial charge >= 0.3 is 0 Å². The van der Waals surface area contributed by atoms with Crippen molar-refractivity contribution in [3.05, 3.63) is 11.6 Å². The maximum absolute atomic E-state index is 12.2. The second-order valence-corrected chi connectivity index (χ2v) is 6.15. The lowest BCUT2D eigenvalue weighted by atomic mass is 9.73. The van der Waals surface area contributed by atoms with Crippen LogP contribution in [0.3, 0.4) is 0 Å². The Labute approximate surface area is 102 Å². The average molecular weight is 232 g/mol. The summed E-state index contributed by atoms with van der Waals surface area (Å²) >= 11 is 0. The van der Waals surface area contributed by atoms with E-state index in [4.69, 9.17) is 0 Å². The summed E-state index contributed by atoms with van der Waals surface area (Å²) in [5.41, 5.74) is 1.35. The van der Waals surface area contributed by atoms with Crippen molar-refractivity contribution in [1.82, 2.24) is 0 Å². The fraction of sp³-hybridized carbons (Fsp3) is 0.733. The number of ketones is 2. The number of rotatable bonds is 0. The Morgan fingerprint density at radius 2 is 1.88 bits per heavy atom. The fourth-order valence-electron chi connectivity index (χ4n) is 4.12. The molecule has 0 aromatic rings. The molecule has 0 unspecified atom stereocenters. The predicted octanol–water partition coefficient (Wildman–Crippen LogP) is 2.92. The van der Waals surface area contributed by atoms with Gasteiger partial charge in [-0.25, -0.2) is 0 Å². The molecule has 0 radical (unpaired) electrons. The topological polar surface area (TPSA) is 34.1 Å². The van der Waals surface area contributed by atoms with Crippen LogP contribution in [0.15, 0.2) is 11.6 Å². The third-order valence-electron chi connectivity index (χ3n) is 5.02. The number of allylic oxidation sites excluding steroid dienone is 2. The molecule has 2 heteroatoms. The lowest BCUT2D eigenvalue weighted by Gasteiger charge is -2.30. The maximum atomic E-state index is 12.2. The average Bonchev–Trinajstić information content (AvgIpc) is 2.84. The van der Waals surface area contributed by atoms with Gasteiger partial charge in [-0.3, -0.25) is 9.59 Å². The zero-order valence-corrected chi connectivity index (χ0v) is 10.4. The van der Waals surface area contributed by atoms with Gasteiger partial charge in [-0.05, 0) is 43.1 Å². The SMILES string of the molecule is C[C@@H]1CC(=O)[C@@H]2CCC[C@H]2CC2=CC(=O)C[C@@H]21. The van der Waals surface area contributed by atoms with Crippen LogP contribution in [0.5, 0.6) is 0 Å². The Hall–Kier alpha value is -0.920. The van der Waals surface area contributed by atoms with Crippen LogP contribution >= 0.6 is 0 Å². The quantitative estimate of drug-likeness (QED) is 0.643. The molecule has 17 heavy (non-hydrogen) atoms. The highest BCUT2D eigenvalue weighted by molar-refractivity contribution is 5.94. The molecule has 2 nitrogen and oxygen atoms in total. The lowest BCUT2D eigenvalue weighted by molar-refractivity contribution is -0.125. The second-order valence-electron chi connectivity index (χ2n) is 6.15. The minimum Gasteiger partial charge on any atom is -0.299 e. The minimum atomic E-state index is 0.278. The molecular formula is C15H20O2. The first-order chi connectivity index (χ1) is 8.15. The van der Waals surface area contributed by atoms with Crippen molar-refractivity contribution in [1.29, 1.82) is 0 Å². The van der Waals surface area contributed by atoms with E-state index in [0.29, 0.717) is 42.3 Å². The fourth-order valence-corrected chi connectivity index (χ4v) is 4.12. The van der Waals surface area contributed by atoms with Crippen LogP contribution in [0.2, 0.25) is 0 Å². The Kier molecular flexibility index (Phi) is 2.68. The summed E-state index contributed by atoms with van der Waals surface area (Å²) in [5.74, 6) is 2.32. The summed E-state index contributed by atoms with van der Waals surface area (Å²) in [7, 11) is 0. The van der Waals surface area contributed by atoms with E-state index in [2.05, 4.69) is 6.92 Å². The summed E-state index contributed by atoms with van der Waals surface area (Å²) in [6.07, 6.45) is 7.70. The molecule has 0 aliphatic heterocycles. The van der Waals surface area contributed by atoms with Crippen LogP contribution in [0.1, 0.15) is 45.4 Å². The molecule has 2 fully saturated rings. The van der Waals surface area contributed by atoms with Crippen LogP contribution in [0.25, 0.3) is 0 Å². The van der Waals surface area contributed by atoms with Gasteiger partial charge in [0.05, 0.1) is 0 Å². The van der Waals surface area contributed by atoms with E-state index >= 15 is 0 Å². The van der Waals surface area contributed by atoms with Crippen molar-refractivity contribution >= 4 is 11.6 Å². The zero-order valence-electron chi connectivity index (χ0n) is 10.4. The van der Waals surface area contributed by atoms with Gasteiger partial charge in [0.25, 0.3) is 0 Å². The normalized spacial score (nSPS) is 41.6. The van der Waals surface area contributed by atoms with Gasteiger partial charge < -0.3 is 0 Å². The molecule has 3 rings (SSSR count). The molecule has 4 atom stereocenters. The van der Waals surface area contributed by atoms with Gasteiger partial charge in [0.2, 0.25) is 0 Å². The van der Waals surface area contributed by atoms with Crippen molar-refractivity contribution < 1.29 is 9.59 Å². The highest BCUT2D eigenvalue weighted by Crippen LogP contribution is 2.45. The van der Waals surface area contributed by atoms with Crippen molar-refractivity contribution in [2.75, 3.05) is 0 Å². The number of fused-ring (bicyclic) bond motifs is 2. The van der Waals surface area contributed by atoms with Gasteiger partial charge in [0, 0.05) is 18.8 Å². The van der Waals surface area contributed by atoms with Crippen LogP contribution in [-0.4, -0.2) is 11.6 Å². The highest BCUT2D eigenvalue weighted by Gasteiger charge is 2.40. The largest absolute Gasteiger partial charge is 0.299 e. The van der Waals surface area contributed by atoms with Crippen LogP contribution in [0.4, 0.5) is 0 Å². The first-order valence-electron chi connectivity index (χ1n) is 6.91. The molecule has 0 bridgehead atoms. The van der Waals surface area contributed by atoms with Crippen molar-refractivity contribution in [3.8, 4) is 0 Å². The van der Waals surface area contributed by atoms with E-state index in [1.807, 2.05) is 6.08 Å². The van der Waals surface area contributed by atoms with Gasteiger partial charge in [0.15, 0.2) is 5.78 Å². The summed E-state index contributed by atoms with van der Waals surface area (Å²) in [6, 6.07) is 0. The van der Waals surface area contributed by atoms with E-state index < -0.39 is 0 Å². The van der Waals surface area contributed by atoms with Crippen LogP contribution in [0, 0.1) is 23.7 Å². The standard InChI is InChI=1S/C15H20O2/c1-9-5-15(17)13-4-2-3-10(13)6-11-7-12(16)8-14(9)11/h7,9-10,13-14H,2-6,8H2,1H3/t9-,10+,13-,14-/m1/s1. The smallest absolute Gasteiger partial charge is 0.156 e. The monoisotopic (exact) mass is 232 g/mol. The van der Waals surface area contributed by atoms with E-state index in [-0.39, 0.29) is 5.78 Å². The molecule has 92 valence electrons. The van der Waals surface area contributed by atoms with Crippen molar-refractivity contribution in [2.45, 2.75) is 45.4 Å². The number of Topliss-reactive ketones (excluding diaryl/α,β-unsaturated/α-hetero) is 1. The third-order valence-corrected chi connectivity index (χ3v) is 5.02. The molecule has 3 aliphatic carbocycles. The summed E-state index contributed by atoms with van der Waals surface area (Å²) in [6.45, 7) is 2.14. The van der Waals surface area contributed by atoms with E-state index in [9.17, 15) is 9.59 Å². The van der Waals surface area contributed by atoms with Crippen molar-refractivity contribution in [3.63, 3.8) is 0 Å². The summed E-state index contributed by atoms with van der Waals surface area (Å²) in [4.78, 5) is 23.8. The maximum Gasteiger partial charge on any atom is 0.156 e. The molecule has 0 heterocycles. The first-order valence-corrected chi connectivity index (χ1v) is 6.91. The van der Waals surface area contributed by atoms with Crippen LogP contribution < -0.4 is 0 Å². The zero-order chi connectivity index (χ0) is 12.0. The second kappa shape index (κ2) is 4.08. The van der Waals surface area contributed by atoms with Gasteiger partial charge in [-0.2, -0.15) is 0 Å². The lowest BCUT2D eigenvalue weighted by Crippen LogP contribution is -2.28. The Morgan fingerprint density at radius 1 is 1.06 bits per heavy atom. The molecule has 0 spiro atoms. The molecule has 0 amide bonds. The molecule has 0 saturated heterocycles. The molecule has 0 aromatic heterocycles. The van der Waals surface area contributed by atoms with Crippen molar-refractivity contribution in [2.24, 2.45) is 23.7 Å². The van der Waals surface area contributed by atoms with Gasteiger partial charge in [-0.1, -0.05) is 18.9 Å². The number of carbonyl (C=O) groups is 2. The summed E-state index contributed by atoms with van der Waals surface area (Å²) in [5, 5.41) is 0. The van der Waals surface area contributed by atoms with Gasteiger partial charge in [0.1, 0.15) is 5.78 Å². The number of carbonyl (C=O) groups excluding carboxylic acids is 2.